The lowest BCUT2D eigenvalue weighted by Gasteiger charge is -2.39. The standard InChI is InChI=1S/C49H30N4O/c1-3-15-31(16-4-1)32-27-29-34(30-28-32)47-51-46(33-17-5-2-6-18-33)52-48(53-47)45-36-20-8-7-19-35(36)43-44(50-45)37-21-9-10-22-38(37)49(43)39-23-11-13-25-41(39)54-42-26-14-12-24-40(42)49/h1-30H. The van der Waals surface area contributed by atoms with Crippen LogP contribution in [0.15, 0.2) is 182 Å². The molecule has 0 amide bonds. The third-order valence-electron chi connectivity index (χ3n) is 10.8. The summed E-state index contributed by atoms with van der Waals surface area (Å²) in [6.07, 6.45) is 0. The van der Waals surface area contributed by atoms with Crippen LogP contribution >= 0.6 is 0 Å². The number of ether oxygens (including phenoxy) is 1. The number of hydrogen-bond donors (Lipinski definition) is 0. The number of fused-ring (bicyclic) bond motifs is 11. The Morgan fingerprint density at radius 3 is 1.46 bits per heavy atom. The molecule has 1 aliphatic carbocycles. The topological polar surface area (TPSA) is 60.8 Å². The summed E-state index contributed by atoms with van der Waals surface area (Å²) >= 11 is 0. The molecular formula is C49H30N4O. The first kappa shape index (κ1) is 30.4. The molecule has 2 aromatic heterocycles. The highest BCUT2D eigenvalue weighted by Gasteiger charge is 2.52. The van der Waals surface area contributed by atoms with E-state index in [4.69, 9.17) is 24.7 Å². The van der Waals surface area contributed by atoms with E-state index in [9.17, 15) is 0 Å². The second-order valence-corrected chi connectivity index (χ2v) is 13.7. The maximum Gasteiger partial charge on any atom is 0.183 e. The van der Waals surface area contributed by atoms with Gasteiger partial charge in [0.15, 0.2) is 17.5 Å². The number of para-hydroxylation sites is 2. The van der Waals surface area contributed by atoms with Crippen molar-refractivity contribution in [2.24, 2.45) is 0 Å². The Kier molecular flexibility index (Phi) is 6.70. The van der Waals surface area contributed by atoms with Crippen molar-refractivity contribution < 1.29 is 4.74 Å². The van der Waals surface area contributed by atoms with Crippen molar-refractivity contribution in [2.75, 3.05) is 0 Å². The van der Waals surface area contributed by atoms with Gasteiger partial charge in [0.05, 0.1) is 11.1 Å². The highest BCUT2D eigenvalue weighted by Crippen LogP contribution is 2.63. The van der Waals surface area contributed by atoms with Gasteiger partial charge in [0, 0.05) is 38.8 Å². The van der Waals surface area contributed by atoms with Crippen LogP contribution in [0.2, 0.25) is 0 Å². The number of hydrogen-bond acceptors (Lipinski definition) is 5. The zero-order chi connectivity index (χ0) is 35.6. The van der Waals surface area contributed by atoms with Crippen LogP contribution in [0, 0.1) is 0 Å². The minimum absolute atomic E-state index is 0.524. The number of rotatable bonds is 4. The Hall–Kier alpha value is -7.24. The lowest BCUT2D eigenvalue weighted by Crippen LogP contribution is -2.32. The Morgan fingerprint density at radius 2 is 0.796 bits per heavy atom. The van der Waals surface area contributed by atoms with Gasteiger partial charge in [0.2, 0.25) is 0 Å². The summed E-state index contributed by atoms with van der Waals surface area (Å²) in [6, 6.07) is 63.0. The van der Waals surface area contributed by atoms with Crippen molar-refractivity contribution in [1.82, 2.24) is 19.9 Å². The second kappa shape index (κ2) is 11.9. The van der Waals surface area contributed by atoms with Crippen molar-refractivity contribution >= 4 is 10.8 Å². The molecule has 0 bridgehead atoms. The van der Waals surface area contributed by atoms with Crippen molar-refractivity contribution in [3.8, 4) is 68.2 Å². The Morgan fingerprint density at radius 1 is 0.333 bits per heavy atom. The smallest absolute Gasteiger partial charge is 0.183 e. The molecule has 0 radical (unpaired) electrons. The summed E-state index contributed by atoms with van der Waals surface area (Å²) < 4.78 is 6.59. The molecule has 5 nitrogen and oxygen atoms in total. The molecule has 54 heavy (non-hydrogen) atoms. The van der Waals surface area contributed by atoms with Crippen LogP contribution in [0.1, 0.15) is 22.3 Å². The maximum atomic E-state index is 6.59. The molecule has 0 unspecified atom stereocenters. The van der Waals surface area contributed by atoms with Gasteiger partial charge >= 0.3 is 0 Å². The average Bonchev–Trinajstić information content (AvgIpc) is 3.54. The summed E-state index contributed by atoms with van der Waals surface area (Å²) in [5.74, 6) is 3.41. The normalized spacial score (nSPS) is 13.1. The fraction of sp³-hybridized carbons (Fsp3) is 0.0204. The van der Waals surface area contributed by atoms with E-state index in [1.807, 2.05) is 48.5 Å². The lowest BCUT2D eigenvalue weighted by atomic mass is 9.65. The highest BCUT2D eigenvalue weighted by atomic mass is 16.5. The van der Waals surface area contributed by atoms with E-state index in [1.165, 1.54) is 5.56 Å². The monoisotopic (exact) mass is 690 g/mol. The highest BCUT2D eigenvalue weighted by molar-refractivity contribution is 6.04. The van der Waals surface area contributed by atoms with E-state index in [-0.39, 0.29) is 0 Å². The summed E-state index contributed by atoms with van der Waals surface area (Å²) in [5, 5.41) is 2.07. The van der Waals surface area contributed by atoms with Gasteiger partial charge in [0.1, 0.15) is 17.2 Å². The lowest BCUT2D eigenvalue weighted by molar-refractivity contribution is 0.437. The molecule has 252 valence electrons. The third-order valence-corrected chi connectivity index (χ3v) is 10.8. The Bertz CT molecular complexity index is 2860. The quantitative estimate of drug-likeness (QED) is 0.184. The van der Waals surface area contributed by atoms with E-state index in [2.05, 4.69) is 133 Å². The van der Waals surface area contributed by atoms with Gasteiger partial charge < -0.3 is 4.74 Å². The molecule has 1 aliphatic heterocycles. The van der Waals surface area contributed by atoms with Crippen LogP contribution in [-0.4, -0.2) is 19.9 Å². The fourth-order valence-electron chi connectivity index (χ4n) is 8.48. The molecular weight excluding hydrogens is 661 g/mol. The SMILES string of the molecule is c1ccc(-c2ccc(-c3nc(-c4ccccc4)nc(-c4nc5c(c6ccccc46)C4(c6ccccc6Oc6ccccc64)c4ccccc4-5)n3)cc2)cc1. The van der Waals surface area contributed by atoms with Crippen molar-refractivity contribution in [3.63, 3.8) is 0 Å². The average molecular weight is 691 g/mol. The largest absolute Gasteiger partial charge is 0.457 e. The second-order valence-electron chi connectivity index (χ2n) is 13.7. The molecule has 5 heteroatoms. The summed E-state index contributed by atoms with van der Waals surface area (Å²) in [7, 11) is 0. The molecule has 0 saturated heterocycles. The fourth-order valence-corrected chi connectivity index (χ4v) is 8.48. The van der Waals surface area contributed by atoms with E-state index >= 15 is 0 Å². The molecule has 0 N–H and O–H groups in total. The van der Waals surface area contributed by atoms with Crippen molar-refractivity contribution in [3.05, 3.63) is 204 Å². The molecule has 7 aromatic carbocycles. The molecule has 1 spiro atoms. The number of pyridine rings is 1. The van der Waals surface area contributed by atoms with E-state index in [0.717, 1.165) is 72.5 Å². The summed E-state index contributed by atoms with van der Waals surface area (Å²) in [6.45, 7) is 0. The first-order valence-electron chi connectivity index (χ1n) is 18.1. The van der Waals surface area contributed by atoms with Crippen LogP contribution in [-0.2, 0) is 5.41 Å². The van der Waals surface area contributed by atoms with Crippen LogP contribution in [0.4, 0.5) is 0 Å². The first-order valence-corrected chi connectivity index (χ1v) is 18.1. The molecule has 11 rings (SSSR count). The van der Waals surface area contributed by atoms with E-state index in [0.29, 0.717) is 23.2 Å². The minimum Gasteiger partial charge on any atom is -0.457 e. The predicted octanol–water partition coefficient (Wildman–Crippen LogP) is 11.6. The van der Waals surface area contributed by atoms with Gasteiger partial charge in [-0.1, -0.05) is 170 Å². The number of nitrogens with zero attached hydrogens (tertiary/aromatic N) is 4. The maximum absolute atomic E-state index is 6.59. The summed E-state index contributed by atoms with van der Waals surface area (Å²) in [5.41, 5.74) is 10.7. The molecule has 0 saturated carbocycles. The minimum atomic E-state index is -0.650. The van der Waals surface area contributed by atoms with Crippen LogP contribution in [0.3, 0.4) is 0 Å². The molecule has 2 aliphatic rings. The summed E-state index contributed by atoms with van der Waals surface area (Å²) in [4.78, 5) is 21.0. The van der Waals surface area contributed by atoms with Gasteiger partial charge in [0.25, 0.3) is 0 Å². The zero-order valence-electron chi connectivity index (χ0n) is 29.0. The molecule has 0 atom stereocenters. The van der Waals surface area contributed by atoms with Crippen molar-refractivity contribution in [2.45, 2.75) is 5.41 Å². The van der Waals surface area contributed by atoms with E-state index < -0.39 is 5.41 Å². The zero-order valence-corrected chi connectivity index (χ0v) is 29.0. The molecule has 9 aromatic rings. The number of aromatic nitrogens is 4. The predicted molar refractivity (Wildman–Crippen MR) is 214 cm³/mol. The van der Waals surface area contributed by atoms with Crippen molar-refractivity contribution in [1.29, 1.82) is 0 Å². The third kappa shape index (κ3) is 4.45. The van der Waals surface area contributed by atoms with Crippen LogP contribution in [0.25, 0.3) is 67.5 Å². The van der Waals surface area contributed by atoms with E-state index in [1.54, 1.807) is 0 Å². The van der Waals surface area contributed by atoms with Crippen LogP contribution in [0.5, 0.6) is 11.5 Å². The Labute approximate surface area is 312 Å². The van der Waals surface area contributed by atoms with Gasteiger partial charge in [-0.15, -0.1) is 0 Å². The van der Waals surface area contributed by atoms with Gasteiger partial charge in [-0.05, 0) is 34.2 Å². The molecule has 3 heterocycles. The van der Waals surface area contributed by atoms with Gasteiger partial charge in [-0.2, -0.15) is 0 Å². The Balaban J connectivity index is 1.19. The van der Waals surface area contributed by atoms with Crippen LogP contribution < -0.4 is 4.74 Å². The van der Waals surface area contributed by atoms with Gasteiger partial charge in [-0.25, -0.2) is 19.9 Å². The molecule has 0 fully saturated rings. The number of benzene rings is 7. The first-order chi connectivity index (χ1) is 26.8. The van der Waals surface area contributed by atoms with Gasteiger partial charge in [-0.3, -0.25) is 0 Å².